The molecular weight excluding hydrogens is 569 g/mol. The molecule has 0 N–H and O–H groups in total. The number of hydrogen-bond acceptors (Lipinski definition) is 4. The third-order valence-electron chi connectivity index (χ3n) is 5.63. The minimum Gasteiger partial charge on any atom is -0.224 e. The molecule has 0 radical (unpaired) electrons. The Balaban J connectivity index is 1.70. The number of hydrogen-bond donors (Lipinski definition) is 0. The lowest BCUT2D eigenvalue weighted by Crippen LogP contribution is -2.42. The molecule has 3 aromatic rings. The molecule has 0 aliphatic carbocycles. The average molecular weight is 594 g/mol. The normalized spacial score (nSPS) is 17.8. The predicted octanol–water partition coefficient (Wildman–Crippen LogP) is 4.77. The van der Waals surface area contributed by atoms with Gasteiger partial charge in [-0.05, 0) is 51.4 Å². The van der Waals surface area contributed by atoms with Crippen molar-refractivity contribution in [1.82, 2.24) is 4.31 Å². The van der Waals surface area contributed by atoms with Crippen LogP contribution >= 0.6 is 22.6 Å². The summed E-state index contributed by atoms with van der Waals surface area (Å²) >= 11 is 2.17. The lowest BCUT2D eigenvalue weighted by Gasteiger charge is -2.34. The lowest BCUT2D eigenvalue weighted by molar-refractivity contribution is 0.399. The summed E-state index contributed by atoms with van der Waals surface area (Å²) in [6, 6.07) is 27.0. The van der Waals surface area contributed by atoms with Gasteiger partial charge in [0.05, 0.1) is 16.4 Å². The van der Waals surface area contributed by atoms with Gasteiger partial charge in [0, 0.05) is 22.6 Å². The highest BCUT2D eigenvalue weighted by Crippen LogP contribution is 2.38. The highest BCUT2D eigenvalue weighted by molar-refractivity contribution is 14.1. The minimum atomic E-state index is -3.63. The van der Waals surface area contributed by atoms with Gasteiger partial charge in [-0.1, -0.05) is 78.9 Å². The van der Waals surface area contributed by atoms with Crippen molar-refractivity contribution in [2.45, 2.75) is 10.6 Å². The summed E-state index contributed by atoms with van der Waals surface area (Å²) in [6.45, 7) is 0.361. The molecule has 1 unspecified atom stereocenters. The van der Waals surface area contributed by atoms with Crippen LogP contribution in [0, 0.1) is 5.92 Å². The molecule has 0 aromatic heterocycles. The van der Waals surface area contributed by atoms with Gasteiger partial charge >= 0.3 is 0 Å². The van der Waals surface area contributed by atoms with E-state index < -0.39 is 25.8 Å². The van der Waals surface area contributed by atoms with Gasteiger partial charge in [0.1, 0.15) is 0 Å². The Morgan fingerprint density at radius 3 is 1.94 bits per heavy atom. The zero-order valence-corrected chi connectivity index (χ0v) is 21.6. The van der Waals surface area contributed by atoms with E-state index in [0.29, 0.717) is 5.56 Å². The molecule has 0 bridgehead atoms. The van der Waals surface area contributed by atoms with Crippen LogP contribution in [0.2, 0.25) is 0 Å². The van der Waals surface area contributed by atoms with Crippen molar-refractivity contribution in [3.05, 3.63) is 106 Å². The van der Waals surface area contributed by atoms with E-state index in [1.54, 1.807) is 42.5 Å². The topological polar surface area (TPSA) is 71.5 Å². The average Bonchev–Trinajstić information content (AvgIpc) is 2.80. The zero-order valence-electron chi connectivity index (χ0n) is 17.8. The fraction of sp³-hybridized carbons (Fsp3) is 0.200. The second-order valence-corrected chi connectivity index (χ2v) is 13.3. The first-order valence-electron chi connectivity index (χ1n) is 10.5. The molecule has 1 heterocycles. The van der Waals surface area contributed by atoms with E-state index >= 15 is 0 Å². The smallest absolute Gasteiger partial charge is 0.218 e. The molecular formula is C25H24INO4S2. The number of sulfonamides is 1. The number of sulfone groups is 1. The van der Waals surface area contributed by atoms with E-state index in [1.165, 1.54) is 4.31 Å². The first-order chi connectivity index (χ1) is 15.8. The van der Waals surface area contributed by atoms with Gasteiger partial charge in [-0.25, -0.2) is 16.8 Å². The standard InChI is InChI=1S/C25H24INO4S2/c26-24-17-27(33(30,31)18-20-10-4-1-5-11-20)16-22(25(24)21-12-6-2-7-13-21)19-32(28,29)23-14-8-3-9-15-23/h1-15,22H,16-19H2. The maximum absolute atomic E-state index is 13.3. The van der Waals surface area contributed by atoms with Gasteiger partial charge in [0.2, 0.25) is 10.0 Å². The Kier molecular flexibility index (Phi) is 7.37. The van der Waals surface area contributed by atoms with E-state index in [2.05, 4.69) is 22.6 Å². The summed E-state index contributed by atoms with van der Waals surface area (Å²) in [5, 5.41) is 0. The fourth-order valence-corrected chi connectivity index (χ4v) is 8.58. The maximum Gasteiger partial charge on any atom is 0.218 e. The van der Waals surface area contributed by atoms with E-state index in [1.807, 2.05) is 48.5 Å². The van der Waals surface area contributed by atoms with Crippen LogP contribution in [0.15, 0.2) is 99.5 Å². The van der Waals surface area contributed by atoms with Crippen LogP contribution in [0.5, 0.6) is 0 Å². The quantitative estimate of drug-likeness (QED) is 0.371. The fourth-order valence-electron chi connectivity index (χ4n) is 4.09. The minimum absolute atomic E-state index is 0.114. The summed E-state index contributed by atoms with van der Waals surface area (Å²) < 4.78 is 55.3. The van der Waals surface area contributed by atoms with Gasteiger partial charge in [0.25, 0.3) is 0 Å². The van der Waals surface area contributed by atoms with E-state index in [4.69, 9.17) is 0 Å². The summed E-state index contributed by atoms with van der Waals surface area (Å²) in [4.78, 5) is 0.247. The monoisotopic (exact) mass is 593 g/mol. The molecule has 1 aliphatic rings. The van der Waals surface area contributed by atoms with Gasteiger partial charge in [-0.2, -0.15) is 4.31 Å². The molecule has 5 nitrogen and oxygen atoms in total. The zero-order chi connectivity index (χ0) is 23.5. The molecule has 0 saturated heterocycles. The van der Waals surface area contributed by atoms with Crippen LogP contribution < -0.4 is 0 Å². The molecule has 33 heavy (non-hydrogen) atoms. The summed E-state index contributed by atoms with van der Waals surface area (Å²) in [5.74, 6) is -0.759. The van der Waals surface area contributed by atoms with Gasteiger partial charge < -0.3 is 0 Å². The second kappa shape index (κ2) is 10.1. The SMILES string of the molecule is O=S(=O)(CC1CN(S(=O)(=O)Cc2ccccc2)CC(I)=C1c1ccccc1)c1ccccc1. The van der Waals surface area contributed by atoms with Crippen LogP contribution in [0.4, 0.5) is 0 Å². The largest absolute Gasteiger partial charge is 0.224 e. The molecule has 3 aromatic carbocycles. The van der Waals surface area contributed by atoms with Gasteiger partial charge in [0.15, 0.2) is 9.84 Å². The third-order valence-corrected chi connectivity index (χ3v) is 10.1. The lowest BCUT2D eigenvalue weighted by atomic mass is 9.91. The Bertz CT molecular complexity index is 1340. The van der Waals surface area contributed by atoms with E-state index in [9.17, 15) is 16.8 Å². The molecule has 1 atom stereocenters. The molecule has 0 amide bonds. The Hall–Kier alpha value is -2.01. The predicted molar refractivity (Wildman–Crippen MR) is 140 cm³/mol. The highest BCUT2D eigenvalue weighted by Gasteiger charge is 2.36. The van der Waals surface area contributed by atoms with Crippen LogP contribution in [-0.4, -0.2) is 40.0 Å². The molecule has 0 spiro atoms. The van der Waals surface area contributed by atoms with Crippen LogP contribution in [0.25, 0.3) is 5.57 Å². The number of halogens is 1. The molecule has 172 valence electrons. The number of benzene rings is 3. The Labute approximate surface area is 209 Å². The molecule has 1 aliphatic heterocycles. The number of rotatable bonds is 7. The van der Waals surface area contributed by atoms with Crippen molar-refractivity contribution in [3.63, 3.8) is 0 Å². The molecule has 4 rings (SSSR count). The van der Waals surface area contributed by atoms with Crippen LogP contribution in [0.3, 0.4) is 0 Å². The molecule has 0 fully saturated rings. The Morgan fingerprint density at radius 1 is 0.788 bits per heavy atom. The van der Waals surface area contributed by atoms with Crippen molar-refractivity contribution >= 4 is 48.0 Å². The first kappa shape index (κ1) is 24.1. The summed E-state index contributed by atoms with van der Waals surface area (Å²) in [7, 11) is -7.24. The second-order valence-electron chi connectivity index (χ2n) is 8.01. The van der Waals surface area contributed by atoms with E-state index in [0.717, 1.165) is 14.7 Å². The van der Waals surface area contributed by atoms with Crippen molar-refractivity contribution in [1.29, 1.82) is 0 Å². The third kappa shape index (κ3) is 5.74. The van der Waals surface area contributed by atoms with Gasteiger partial charge in [-0.15, -0.1) is 0 Å². The number of nitrogens with zero attached hydrogens (tertiary/aromatic N) is 1. The van der Waals surface area contributed by atoms with Gasteiger partial charge in [-0.3, -0.25) is 0 Å². The molecule has 8 heteroatoms. The van der Waals surface area contributed by atoms with E-state index in [-0.39, 0.29) is 29.5 Å². The summed E-state index contributed by atoms with van der Waals surface area (Å²) in [6.07, 6.45) is 0. The summed E-state index contributed by atoms with van der Waals surface area (Å²) in [5.41, 5.74) is 2.54. The van der Waals surface area contributed by atoms with Crippen LogP contribution in [0.1, 0.15) is 11.1 Å². The maximum atomic E-state index is 13.3. The Morgan fingerprint density at radius 2 is 1.33 bits per heavy atom. The van der Waals surface area contributed by atoms with Crippen molar-refractivity contribution in [3.8, 4) is 0 Å². The highest BCUT2D eigenvalue weighted by atomic mass is 127. The van der Waals surface area contributed by atoms with Crippen LogP contribution in [-0.2, 0) is 25.6 Å². The first-order valence-corrected chi connectivity index (χ1v) is 14.8. The van der Waals surface area contributed by atoms with Crippen molar-refractivity contribution < 1.29 is 16.8 Å². The van der Waals surface area contributed by atoms with Crippen molar-refractivity contribution in [2.75, 3.05) is 18.8 Å². The van der Waals surface area contributed by atoms with Crippen molar-refractivity contribution in [2.24, 2.45) is 5.92 Å². The molecule has 0 saturated carbocycles.